The molecule has 2 aromatic carbocycles. The predicted octanol–water partition coefficient (Wildman–Crippen LogP) is 3.00. The summed E-state index contributed by atoms with van der Waals surface area (Å²) < 4.78 is 12.5. The van der Waals surface area contributed by atoms with Crippen molar-refractivity contribution >= 4 is 5.91 Å². The third kappa shape index (κ3) is 4.88. The summed E-state index contributed by atoms with van der Waals surface area (Å²) in [7, 11) is 3.17. The largest absolute Gasteiger partial charge is 0.493 e. The normalized spacial score (nSPS) is 11.6. The molecule has 0 aliphatic rings. The van der Waals surface area contributed by atoms with Gasteiger partial charge in [-0.15, -0.1) is 0 Å². The van der Waals surface area contributed by atoms with Gasteiger partial charge in [0.2, 0.25) is 5.91 Å². The molecule has 1 heterocycles. The summed E-state index contributed by atoms with van der Waals surface area (Å²) in [5.74, 6) is 1.20. The lowest BCUT2D eigenvalue weighted by molar-refractivity contribution is -0.121. The summed E-state index contributed by atoms with van der Waals surface area (Å²) in [6, 6.07) is 15.3. The van der Waals surface area contributed by atoms with Gasteiger partial charge >= 0.3 is 0 Å². The van der Waals surface area contributed by atoms with Gasteiger partial charge in [-0.25, -0.2) is 4.98 Å². The zero-order valence-corrected chi connectivity index (χ0v) is 15.5. The lowest BCUT2D eigenvalue weighted by atomic mass is 10.1. The highest BCUT2D eigenvalue weighted by Gasteiger charge is 2.16. The molecule has 0 spiro atoms. The maximum atomic E-state index is 12.7. The van der Waals surface area contributed by atoms with Gasteiger partial charge in [0.15, 0.2) is 11.5 Å². The molecule has 0 saturated heterocycles. The third-order valence-electron chi connectivity index (χ3n) is 4.30. The maximum absolute atomic E-state index is 12.7. The SMILES string of the molecule is COc1ccc(CC(=O)N[C@H](Cn2ccnc2)c2ccccc2)cc1OC. The van der Waals surface area contributed by atoms with Crippen LogP contribution in [0.1, 0.15) is 17.2 Å². The minimum atomic E-state index is -0.145. The van der Waals surface area contributed by atoms with Gasteiger partial charge in [-0.1, -0.05) is 36.4 Å². The van der Waals surface area contributed by atoms with E-state index in [2.05, 4.69) is 10.3 Å². The second kappa shape index (κ2) is 8.89. The number of carbonyl (C=O) groups is 1. The lowest BCUT2D eigenvalue weighted by Gasteiger charge is -2.20. The highest BCUT2D eigenvalue weighted by Crippen LogP contribution is 2.27. The Morgan fingerprint density at radius 3 is 2.56 bits per heavy atom. The van der Waals surface area contributed by atoms with Crippen LogP contribution in [-0.4, -0.2) is 29.7 Å². The minimum Gasteiger partial charge on any atom is -0.493 e. The number of imidazole rings is 1. The molecule has 0 unspecified atom stereocenters. The first-order valence-electron chi connectivity index (χ1n) is 8.70. The van der Waals surface area contributed by atoms with Crippen LogP contribution < -0.4 is 14.8 Å². The van der Waals surface area contributed by atoms with Crippen LogP contribution in [0, 0.1) is 0 Å². The Morgan fingerprint density at radius 2 is 1.89 bits per heavy atom. The molecule has 140 valence electrons. The predicted molar refractivity (Wildman–Crippen MR) is 103 cm³/mol. The van der Waals surface area contributed by atoms with Crippen LogP contribution in [0.25, 0.3) is 0 Å². The van der Waals surface area contributed by atoms with Crippen LogP contribution in [0.3, 0.4) is 0 Å². The second-order valence-corrected chi connectivity index (χ2v) is 6.16. The quantitative estimate of drug-likeness (QED) is 0.666. The Labute approximate surface area is 158 Å². The maximum Gasteiger partial charge on any atom is 0.224 e. The van der Waals surface area contributed by atoms with Gasteiger partial charge in [-0.2, -0.15) is 0 Å². The highest BCUT2D eigenvalue weighted by atomic mass is 16.5. The van der Waals surface area contributed by atoms with Crippen molar-refractivity contribution in [3.05, 3.63) is 78.4 Å². The standard InChI is InChI=1S/C21H23N3O3/c1-26-19-9-8-16(12-20(19)27-2)13-21(25)23-18(14-24-11-10-22-15-24)17-6-4-3-5-7-17/h3-12,15,18H,13-14H2,1-2H3,(H,23,25)/t18-/m1/s1. The van der Waals surface area contributed by atoms with Crippen molar-refractivity contribution in [1.29, 1.82) is 0 Å². The van der Waals surface area contributed by atoms with Crippen molar-refractivity contribution in [2.45, 2.75) is 19.0 Å². The summed E-state index contributed by atoms with van der Waals surface area (Å²) in [6.07, 6.45) is 5.62. The van der Waals surface area contributed by atoms with Gasteiger partial charge < -0.3 is 19.4 Å². The van der Waals surface area contributed by atoms with Crippen LogP contribution in [0.15, 0.2) is 67.3 Å². The fourth-order valence-electron chi connectivity index (χ4n) is 2.95. The van der Waals surface area contributed by atoms with Gasteiger partial charge in [-0.05, 0) is 23.3 Å². The van der Waals surface area contributed by atoms with E-state index in [1.165, 1.54) is 0 Å². The second-order valence-electron chi connectivity index (χ2n) is 6.16. The summed E-state index contributed by atoms with van der Waals surface area (Å²) >= 11 is 0. The van der Waals surface area contributed by atoms with Crippen LogP contribution in [0.2, 0.25) is 0 Å². The van der Waals surface area contributed by atoms with Crippen molar-refractivity contribution < 1.29 is 14.3 Å². The number of rotatable bonds is 8. The molecular weight excluding hydrogens is 342 g/mol. The molecule has 0 bridgehead atoms. The molecule has 3 rings (SSSR count). The smallest absolute Gasteiger partial charge is 0.224 e. The Kier molecular flexibility index (Phi) is 6.10. The number of hydrogen-bond donors (Lipinski definition) is 1. The number of nitrogens with one attached hydrogen (secondary N) is 1. The molecule has 1 aromatic heterocycles. The monoisotopic (exact) mass is 365 g/mol. The molecule has 6 nitrogen and oxygen atoms in total. The Hall–Kier alpha value is -3.28. The fraction of sp³-hybridized carbons (Fsp3) is 0.238. The summed E-state index contributed by atoms with van der Waals surface area (Å²) in [6.45, 7) is 0.613. The zero-order valence-electron chi connectivity index (χ0n) is 15.5. The number of hydrogen-bond acceptors (Lipinski definition) is 4. The number of amides is 1. The van der Waals surface area contributed by atoms with E-state index in [-0.39, 0.29) is 18.4 Å². The highest BCUT2D eigenvalue weighted by molar-refractivity contribution is 5.79. The molecule has 0 aliphatic carbocycles. The minimum absolute atomic E-state index is 0.0591. The average Bonchev–Trinajstić information content (AvgIpc) is 3.21. The van der Waals surface area contributed by atoms with Gasteiger partial charge in [-0.3, -0.25) is 4.79 Å². The number of nitrogens with zero attached hydrogens (tertiary/aromatic N) is 2. The molecule has 0 fully saturated rings. The molecule has 1 amide bonds. The molecule has 0 saturated carbocycles. The lowest BCUT2D eigenvalue weighted by Crippen LogP contribution is -2.32. The molecule has 1 atom stereocenters. The van der Waals surface area contributed by atoms with E-state index in [4.69, 9.17) is 9.47 Å². The van der Waals surface area contributed by atoms with Crippen LogP contribution in [0.5, 0.6) is 11.5 Å². The topological polar surface area (TPSA) is 65.4 Å². The molecule has 3 aromatic rings. The van der Waals surface area contributed by atoms with Crippen molar-refractivity contribution in [1.82, 2.24) is 14.9 Å². The average molecular weight is 365 g/mol. The molecule has 27 heavy (non-hydrogen) atoms. The van der Waals surface area contributed by atoms with Gasteiger partial charge in [0.1, 0.15) is 0 Å². The summed E-state index contributed by atoms with van der Waals surface area (Å²) in [4.78, 5) is 16.7. The molecule has 6 heteroatoms. The number of ether oxygens (including phenoxy) is 2. The van der Waals surface area contributed by atoms with Crippen molar-refractivity contribution in [3.63, 3.8) is 0 Å². The molecule has 0 aliphatic heterocycles. The van der Waals surface area contributed by atoms with Crippen molar-refractivity contribution in [2.24, 2.45) is 0 Å². The van der Waals surface area contributed by atoms with E-state index < -0.39 is 0 Å². The van der Waals surface area contributed by atoms with E-state index in [9.17, 15) is 4.79 Å². The zero-order chi connectivity index (χ0) is 19.1. The van der Waals surface area contributed by atoms with E-state index >= 15 is 0 Å². The van der Waals surface area contributed by atoms with Gasteiger partial charge in [0.25, 0.3) is 0 Å². The van der Waals surface area contributed by atoms with E-state index in [1.807, 2.05) is 59.3 Å². The molecule has 0 radical (unpaired) electrons. The van der Waals surface area contributed by atoms with E-state index in [1.54, 1.807) is 26.7 Å². The Bertz CT molecular complexity index is 864. The van der Waals surface area contributed by atoms with Crippen LogP contribution in [0.4, 0.5) is 0 Å². The van der Waals surface area contributed by atoms with Crippen molar-refractivity contribution in [2.75, 3.05) is 14.2 Å². The first-order valence-corrected chi connectivity index (χ1v) is 8.70. The van der Waals surface area contributed by atoms with E-state index in [0.717, 1.165) is 11.1 Å². The van der Waals surface area contributed by atoms with Crippen LogP contribution >= 0.6 is 0 Å². The van der Waals surface area contributed by atoms with Crippen LogP contribution in [-0.2, 0) is 17.8 Å². The first-order chi connectivity index (χ1) is 13.2. The van der Waals surface area contributed by atoms with E-state index in [0.29, 0.717) is 18.0 Å². The number of benzene rings is 2. The fourth-order valence-corrected chi connectivity index (χ4v) is 2.95. The number of carbonyl (C=O) groups excluding carboxylic acids is 1. The first kappa shape index (κ1) is 18.5. The summed E-state index contributed by atoms with van der Waals surface area (Å²) in [5.41, 5.74) is 1.91. The summed E-state index contributed by atoms with van der Waals surface area (Å²) in [5, 5.41) is 3.13. The number of methoxy groups -OCH3 is 2. The Morgan fingerprint density at radius 1 is 1.11 bits per heavy atom. The van der Waals surface area contributed by atoms with Gasteiger partial charge in [0.05, 0.1) is 33.0 Å². The third-order valence-corrected chi connectivity index (χ3v) is 4.30. The Balaban J connectivity index is 1.72. The molecular formula is C21H23N3O3. The molecule has 1 N–H and O–H groups in total. The number of aromatic nitrogens is 2. The van der Waals surface area contributed by atoms with Crippen molar-refractivity contribution in [3.8, 4) is 11.5 Å². The van der Waals surface area contributed by atoms with Gasteiger partial charge in [0, 0.05) is 18.9 Å².